The molecule has 1 aromatic heterocycles. The number of carbonyl (C=O) groups is 1. The predicted molar refractivity (Wildman–Crippen MR) is 61.2 cm³/mol. The van der Waals surface area contributed by atoms with Crippen LogP contribution in [0.15, 0.2) is 36.5 Å². The Bertz CT molecular complexity index is 525. The third-order valence-corrected chi connectivity index (χ3v) is 2.50. The maximum Gasteiger partial charge on any atom is 0.325 e. The summed E-state index contributed by atoms with van der Waals surface area (Å²) in [5.41, 5.74) is 1.60. The van der Waals surface area contributed by atoms with E-state index in [2.05, 4.69) is 10.3 Å². The monoisotopic (exact) mass is 216 g/mol. The topological polar surface area (TPSA) is 62.2 Å². The SMILES string of the molecule is CNC(C(=O)O)c1ccc2ncccc2c1. The van der Waals surface area contributed by atoms with E-state index in [1.807, 2.05) is 24.3 Å². The molecular formula is C12H12N2O2. The normalized spacial score (nSPS) is 12.6. The van der Waals surface area contributed by atoms with Crippen molar-refractivity contribution in [1.82, 2.24) is 10.3 Å². The van der Waals surface area contributed by atoms with Gasteiger partial charge in [-0.05, 0) is 30.8 Å². The van der Waals surface area contributed by atoms with Crippen molar-refractivity contribution >= 4 is 16.9 Å². The largest absolute Gasteiger partial charge is 0.480 e. The van der Waals surface area contributed by atoms with Crippen molar-refractivity contribution in [2.75, 3.05) is 7.05 Å². The summed E-state index contributed by atoms with van der Waals surface area (Å²) >= 11 is 0. The Kier molecular flexibility index (Phi) is 2.83. The number of rotatable bonds is 3. The molecule has 0 aliphatic carbocycles. The van der Waals surface area contributed by atoms with Crippen LogP contribution >= 0.6 is 0 Å². The van der Waals surface area contributed by atoms with Gasteiger partial charge >= 0.3 is 5.97 Å². The third kappa shape index (κ3) is 1.87. The molecule has 0 saturated heterocycles. The highest BCUT2D eigenvalue weighted by Gasteiger charge is 2.17. The molecule has 0 bridgehead atoms. The summed E-state index contributed by atoms with van der Waals surface area (Å²) in [6.07, 6.45) is 1.72. The van der Waals surface area contributed by atoms with Gasteiger partial charge in [-0.2, -0.15) is 0 Å². The van der Waals surface area contributed by atoms with Crippen molar-refractivity contribution < 1.29 is 9.90 Å². The lowest BCUT2D eigenvalue weighted by molar-refractivity contribution is -0.139. The molecule has 2 N–H and O–H groups in total. The Labute approximate surface area is 92.9 Å². The molecule has 1 heterocycles. The molecule has 4 nitrogen and oxygen atoms in total. The fraction of sp³-hybridized carbons (Fsp3) is 0.167. The van der Waals surface area contributed by atoms with Gasteiger partial charge in [0, 0.05) is 11.6 Å². The fourth-order valence-corrected chi connectivity index (χ4v) is 1.71. The Morgan fingerprint density at radius 1 is 1.44 bits per heavy atom. The van der Waals surface area contributed by atoms with Crippen LogP contribution in [0, 0.1) is 0 Å². The molecule has 16 heavy (non-hydrogen) atoms. The summed E-state index contributed by atoms with van der Waals surface area (Å²) in [6.45, 7) is 0. The highest BCUT2D eigenvalue weighted by molar-refractivity contribution is 5.82. The molecule has 0 aliphatic rings. The number of benzene rings is 1. The number of hydrogen-bond acceptors (Lipinski definition) is 3. The number of aromatic nitrogens is 1. The standard InChI is InChI=1S/C12H12N2O2/c1-13-11(12(15)16)9-4-5-10-8(7-9)3-2-6-14-10/h2-7,11,13H,1H3,(H,15,16). The molecule has 0 fully saturated rings. The number of pyridine rings is 1. The van der Waals surface area contributed by atoms with Gasteiger partial charge in [-0.3, -0.25) is 9.78 Å². The summed E-state index contributed by atoms with van der Waals surface area (Å²) in [6, 6.07) is 8.53. The van der Waals surface area contributed by atoms with Gasteiger partial charge in [0.25, 0.3) is 0 Å². The molecule has 4 heteroatoms. The van der Waals surface area contributed by atoms with Crippen LogP contribution in [-0.4, -0.2) is 23.1 Å². The first-order valence-corrected chi connectivity index (χ1v) is 4.97. The summed E-state index contributed by atoms with van der Waals surface area (Å²) in [4.78, 5) is 15.2. The van der Waals surface area contributed by atoms with Crippen molar-refractivity contribution in [3.8, 4) is 0 Å². The number of aliphatic carboxylic acids is 1. The zero-order chi connectivity index (χ0) is 11.5. The number of carboxylic acid groups (broad SMARTS) is 1. The molecule has 0 radical (unpaired) electrons. The highest BCUT2D eigenvalue weighted by Crippen LogP contribution is 2.18. The van der Waals surface area contributed by atoms with E-state index in [-0.39, 0.29) is 0 Å². The molecule has 1 atom stereocenters. The van der Waals surface area contributed by atoms with Crippen molar-refractivity contribution in [1.29, 1.82) is 0 Å². The second-order valence-electron chi connectivity index (χ2n) is 3.52. The zero-order valence-electron chi connectivity index (χ0n) is 8.84. The molecule has 1 aromatic carbocycles. The van der Waals surface area contributed by atoms with Crippen LogP contribution in [0.5, 0.6) is 0 Å². The lowest BCUT2D eigenvalue weighted by Crippen LogP contribution is -2.24. The van der Waals surface area contributed by atoms with Gasteiger partial charge in [0.2, 0.25) is 0 Å². The Morgan fingerprint density at radius 2 is 2.25 bits per heavy atom. The molecule has 2 rings (SSSR count). The van der Waals surface area contributed by atoms with E-state index in [1.54, 1.807) is 19.3 Å². The second-order valence-corrected chi connectivity index (χ2v) is 3.52. The van der Waals surface area contributed by atoms with E-state index in [9.17, 15) is 4.79 Å². The van der Waals surface area contributed by atoms with Gasteiger partial charge < -0.3 is 10.4 Å². The quantitative estimate of drug-likeness (QED) is 0.817. The second kappa shape index (κ2) is 4.28. The van der Waals surface area contributed by atoms with E-state index < -0.39 is 12.0 Å². The van der Waals surface area contributed by atoms with E-state index >= 15 is 0 Å². The maximum absolute atomic E-state index is 11.0. The zero-order valence-corrected chi connectivity index (χ0v) is 8.84. The Morgan fingerprint density at radius 3 is 2.94 bits per heavy atom. The summed E-state index contributed by atoms with van der Waals surface area (Å²) in [7, 11) is 1.63. The fourth-order valence-electron chi connectivity index (χ4n) is 1.71. The minimum atomic E-state index is -0.884. The smallest absolute Gasteiger partial charge is 0.325 e. The first-order valence-electron chi connectivity index (χ1n) is 4.97. The molecule has 0 aliphatic heterocycles. The predicted octanol–water partition coefficient (Wildman–Crippen LogP) is 1.58. The van der Waals surface area contributed by atoms with Gasteiger partial charge in [0.15, 0.2) is 0 Å². The average Bonchev–Trinajstić information content (AvgIpc) is 2.29. The summed E-state index contributed by atoms with van der Waals surface area (Å²) in [5, 5.41) is 12.7. The number of nitrogens with zero attached hydrogens (tertiary/aromatic N) is 1. The molecule has 0 amide bonds. The van der Waals surface area contributed by atoms with Gasteiger partial charge in [0.1, 0.15) is 6.04 Å². The Balaban J connectivity index is 2.49. The maximum atomic E-state index is 11.0. The van der Waals surface area contributed by atoms with Crippen LogP contribution in [0.25, 0.3) is 10.9 Å². The van der Waals surface area contributed by atoms with Crippen molar-refractivity contribution in [2.45, 2.75) is 6.04 Å². The van der Waals surface area contributed by atoms with Gasteiger partial charge in [-0.1, -0.05) is 12.1 Å². The lowest BCUT2D eigenvalue weighted by Gasteiger charge is -2.11. The summed E-state index contributed by atoms with van der Waals surface area (Å²) < 4.78 is 0. The van der Waals surface area contributed by atoms with Gasteiger partial charge in [-0.15, -0.1) is 0 Å². The minimum absolute atomic E-state index is 0.676. The first-order chi connectivity index (χ1) is 7.72. The minimum Gasteiger partial charge on any atom is -0.480 e. The van der Waals surface area contributed by atoms with Crippen LogP contribution in [0.2, 0.25) is 0 Å². The van der Waals surface area contributed by atoms with Gasteiger partial charge in [-0.25, -0.2) is 0 Å². The number of carboxylic acids is 1. The van der Waals surface area contributed by atoms with Crippen molar-refractivity contribution in [3.63, 3.8) is 0 Å². The van der Waals surface area contributed by atoms with Crippen LogP contribution in [0.3, 0.4) is 0 Å². The lowest BCUT2D eigenvalue weighted by atomic mass is 10.0. The third-order valence-electron chi connectivity index (χ3n) is 2.50. The number of fused-ring (bicyclic) bond motifs is 1. The molecule has 0 saturated carbocycles. The van der Waals surface area contributed by atoms with Crippen LogP contribution in [-0.2, 0) is 4.79 Å². The van der Waals surface area contributed by atoms with Crippen LogP contribution < -0.4 is 5.32 Å². The highest BCUT2D eigenvalue weighted by atomic mass is 16.4. The van der Waals surface area contributed by atoms with Gasteiger partial charge in [0.05, 0.1) is 5.52 Å². The number of nitrogens with one attached hydrogen (secondary N) is 1. The molecule has 82 valence electrons. The van der Waals surface area contributed by atoms with E-state index in [0.29, 0.717) is 0 Å². The van der Waals surface area contributed by atoms with Crippen LogP contribution in [0.4, 0.5) is 0 Å². The number of likely N-dealkylation sites (N-methyl/N-ethyl adjacent to an activating group) is 1. The molecule has 2 aromatic rings. The Hall–Kier alpha value is -1.94. The molecule has 1 unspecified atom stereocenters. The van der Waals surface area contributed by atoms with Crippen LogP contribution in [0.1, 0.15) is 11.6 Å². The first kappa shape index (κ1) is 10.6. The van der Waals surface area contributed by atoms with E-state index in [0.717, 1.165) is 16.5 Å². The molecular weight excluding hydrogens is 204 g/mol. The summed E-state index contributed by atoms with van der Waals surface area (Å²) in [5.74, 6) is -0.884. The van der Waals surface area contributed by atoms with Crippen molar-refractivity contribution in [2.24, 2.45) is 0 Å². The molecule has 0 spiro atoms. The average molecular weight is 216 g/mol. The van der Waals surface area contributed by atoms with Crippen molar-refractivity contribution in [3.05, 3.63) is 42.1 Å². The number of hydrogen-bond donors (Lipinski definition) is 2. The van der Waals surface area contributed by atoms with E-state index in [4.69, 9.17) is 5.11 Å². The van der Waals surface area contributed by atoms with E-state index in [1.165, 1.54) is 0 Å².